The molecule has 260 valence electrons. The summed E-state index contributed by atoms with van der Waals surface area (Å²) in [5.41, 5.74) is 4.27. The number of carbonyl (C=O) groups excluding carboxylic acids is 1. The number of hydrogen-bond acceptors (Lipinski definition) is 10. The number of hydrogen-bond donors (Lipinski definition) is 6. The monoisotopic (exact) mass is 678 g/mol. The number of fused-ring (bicyclic) bond motifs is 1. The van der Waals surface area contributed by atoms with E-state index in [2.05, 4.69) is 62.2 Å². The summed E-state index contributed by atoms with van der Waals surface area (Å²) in [4.78, 5) is 29.5. The van der Waals surface area contributed by atoms with E-state index in [0.717, 1.165) is 37.2 Å². The number of aromatic nitrogens is 4. The summed E-state index contributed by atoms with van der Waals surface area (Å²) in [5, 5.41) is 40.4. The molecule has 0 bridgehead atoms. The van der Waals surface area contributed by atoms with Crippen LogP contribution in [0.2, 0.25) is 0 Å². The van der Waals surface area contributed by atoms with Crippen molar-refractivity contribution in [2.75, 3.05) is 31.6 Å². The van der Waals surface area contributed by atoms with E-state index < -0.39 is 31.1 Å². The summed E-state index contributed by atoms with van der Waals surface area (Å²) < 4.78 is 7.34. The molecular weight excluding hydrogens is 636 g/mol. The molecule has 50 heavy (non-hydrogen) atoms. The van der Waals surface area contributed by atoms with Crippen LogP contribution in [-0.4, -0.2) is 96.4 Å². The first-order chi connectivity index (χ1) is 24.5. The van der Waals surface area contributed by atoms with Crippen LogP contribution in [0.3, 0.4) is 0 Å². The molecule has 0 saturated carbocycles. The van der Waals surface area contributed by atoms with Crippen LogP contribution in [-0.2, 0) is 17.8 Å². The number of nitrogens with one attached hydrogen (secondary N) is 3. The molecule has 3 aromatic carbocycles. The Balaban J connectivity index is 1.10. The number of nitrogens with zero attached hydrogens (tertiary/aromatic N) is 5. The van der Waals surface area contributed by atoms with E-state index in [1.807, 2.05) is 54.6 Å². The van der Waals surface area contributed by atoms with Crippen LogP contribution >= 0.6 is 0 Å². The van der Waals surface area contributed by atoms with E-state index >= 15 is 0 Å². The predicted octanol–water partition coefficient (Wildman–Crippen LogP) is 2.76. The van der Waals surface area contributed by atoms with Crippen molar-refractivity contribution in [1.82, 2.24) is 35.1 Å². The summed E-state index contributed by atoms with van der Waals surface area (Å²) in [6.07, 6.45) is -2.29. The van der Waals surface area contributed by atoms with Gasteiger partial charge >= 0.3 is 6.03 Å². The molecule has 2 aliphatic heterocycles. The van der Waals surface area contributed by atoms with Crippen molar-refractivity contribution >= 4 is 23.0 Å². The third-order valence-electron chi connectivity index (χ3n) is 9.40. The number of anilines is 1. The Morgan fingerprint density at radius 2 is 1.60 bits per heavy atom. The van der Waals surface area contributed by atoms with Gasteiger partial charge in [0, 0.05) is 38.1 Å². The van der Waals surface area contributed by atoms with Gasteiger partial charge in [0.25, 0.3) is 0 Å². The number of imidazole rings is 1. The molecule has 7 rings (SSSR count). The van der Waals surface area contributed by atoms with Crippen molar-refractivity contribution < 1.29 is 24.9 Å². The number of benzene rings is 3. The van der Waals surface area contributed by atoms with Gasteiger partial charge in [-0.05, 0) is 23.1 Å². The maximum Gasteiger partial charge on any atom is 0.315 e. The average Bonchev–Trinajstić information content (AvgIpc) is 3.85. The maximum atomic E-state index is 13.1. The van der Waals surface area contributed by atoms with Gasteiger partial charge in [-0.25, -0.2) is 19.7 Å². The van der Waals surface area contributed by atoms with Gasteiger partial charge in [-0.15, -0.1) is 0 Å². The molecule has 5 atom stereocenters. The van der Waals surface area contributed by atoms with Gasteiger partial charge in [0.2, 0.25) is 0 Å². The number of urea groups is 1. The summed E-state index contributed by atoms with van der Waals surface area (Å²) in [6.45, 7) is 2.54. The third-order valence-corrected chi connectivity index (χ3v) is 9.40. The molecular formula is C37H42N8O5. The molecule has 0 aliphatic carbocycles. The Hall–Kier alpha value is -4.92. The van der Waals surface area contributed by atoms with Crippen LogP contribution in [0.1, 0.15) is 41.1 Å². The minimum atomic E-state index is -1.32. The number of aliphatic hydroxyl groups excluding tert-OH is 3. The fraction of sp³-hybridized carbons (Fsp3) is 0.351. The zero-order chi connectivity index (χ0) is 34.5. The van der Waals surface area contributed by atoms with Crippen LogP contribution in [0.15, 0.2) is 97.3 Å². The summed E-state index contributed by atoms with van der Waals surface area (Å²) in [5.74, 6) is 0.754. The van der Waals surface area contributed by atoms with E-state index in [4.69, 9.17) is 14.7 Å². The highest BCUT2D eigenvalue weighted by atomic mass is 16.6. The lowest BCUT2D eigenvalue weighted by atomic mass is 9.91. The Bertz CT molecular complexity index is 1820. The fourth-order valence-corrected chi connectivity index (χ4v) is 6.79. The van der Waals surface area contributed by atoms with Crippen molar-refractivity contribution in [3.8, 4) is 0 Å². The van der Waals surface area contributed by atoms with Gasteiger partial charge in [-0.3, -0.25) is 9.47 Å². The fourth-order valence-electron chi connectivity index (χ4n) is 6.79. The second-order valence-corrected chi connectivity index (χ2v) is 12.8. The molecule has 13 heteroatoms. The van der Waals surface area contributed by atoms with E-state index in [0.29, 0.717) is 29.4 Å². The SMILES string of the molecule is O=C(NCc1nc(NCC(c2ccccc2)c2ccccc2)c2ncn(C3OC(CO)C(O)C3O)c2n1)NC1CCN(Cc2ccccc2)C1. The Morgan fingerprint density at radius 3 is 2.26 bits per heavy atom. The van der Waals surface area contributed by atoms with Crippen LogP contribution in [0.4, 0.5) is 10.6 Å². The quantitative estimate of drug-likeness (QED) is 0.115. The average molecular weight is 679 g/mol. The van der Waals surface area contributed by atoms with E-state index in [-0.39, 0.29) is 24.5 Å². The lowest BCUT2D eigenvalue weighted by molar-refractivity contribution is -0.0511. The Labute approximate surface area is 290 Å². The Kier molecular flexibility index (Phi) is 10.3. The van der Waals surface area contributed by atoms with Gasteiger partial charge in [-0.2, -0.15) is 0 Å². The highest BCUT2D eigenvalue weighted by molar-refractivity contribution is 5.83. The minimum Gasteiger partial charge on any atom is -0.394 e. The van der Waals surface area contributed by atoms with Crippen molar-refractivity contribution in [3.63, 3.8) is 0 Å². The largest absolute Gasteiger partial charge is 0.394 e. The van der Waals surface area contributed by atoms with Crippen molar-refractivity contribution in [2.24, 2.45) is 0 Å². The smallest absolute Gasteiger partial charge is 0.315 e. The molecule has 6 N–H and O–H groups in total. The van der Waals surface area contributed by atoms with E-state index in [1.54, 1.807) is 0 Å². The van der Waals surface area contributed by atoms with Crippen LogP contribution in [0.5, 0.6) is 0 Å². The standard InChI is InChI=1S/C37H42N8O5/c46-22-29-32(47)33(48)36(50-29)45-23-40-31-34(38-18-28(25-12-6-2-7-13-25)26-14-8-3-9-15-26)42-30(43-35(31)45)19-39-37(49)41-27-16-17-44(21-27)20-24-10-4-1-5-11-24/h1-15,23,27-29,32-33,36,46-48H,16-22H2,(H,38,42,43)(H2,39,41,49). The first-order valence-corrected chi connectivity index (χ1v) is 17.0. The lowest BCUT2D eigenvalue weighted by Gasteiger charge is -2.20. The van der Waals surface area contributed by atoms with E-state index in [1.165, 1.54) is 16.5 Å². The molecule has 2 saturated heterocycles. The molecule has 2 aliphatic rings. The molecule has 4 heterocycles. The summed E-state index contributed by atoms with van der Waals surface area (Å²) in [6, 6.07) is 30.4. The molecule has 2 aromatic heterocycles. The number of aliphatic hydroxyl groups is 3. The molecule has 0 spiro atoms. The normalized spacial score (nSPS) is 22.3. The first-order valence-electron chi connectivity index (χ1n) is 17.0. The minimum absolute atomic E-state index is 0.00910. The number of likely N-dealkylation sites (tertiary alicyclic amines) is 1. The van der Waals surface area contributed by atoms with Gasteiger partial charge in [0.15, 0.2) is 29.0 Å². The molecule has 2 amide bonds. The molecule has 5 aromatic rings. The third kappa shape index (κ3) is 7.47. The number of ether oxygens (including phenoxy) is 1. The highest BCUT2D eigenvalue weighted by Gasteiger charge is 2.44. The molecule has 0 radical (unpaired) electrons. The van der Waals surface area contributed by atoms with Crippen molar-refractivity contribution in [1.29, 1.82) is 0 Å². The van der Waals surface area contributed by atoms with Gasteiger partial charge in [0.05, 0.1) is 19.5 Å². The molecule has 13 nitrogen and oxygen atoms in total. The lowest BCUT2D eigenvalue weighted by Crippen LogP contribution is -2.43. The number of carbonyl (C=O) groups is 1. The van der Waals surface area contributed by atoms with Crippen molar-refractivity contribution in [2.45, 2.75) is 56.0 Å². The zero-order valence-electron chi connectivity index (χ0n) is 27.5. The zero-order valence-corrected chi connectivity index (χ0v) is 27.5. The topological polar surface area (TPSA) is 170 Å². The van der Waals surface area contributed by atoms with Gasteiger partial charge in [-0.1, -0.05) is 91.0 Å². The van der Waals surface area contributed by atoms with Gasteiger partial charge < -0.3 is 36.0 Å². The Morgan fingerprint density at radius 1 is 0.920 bits per heavy atom. The highest BCUT2D eigenvalue weighted by Crippen LogP contribution is 2.33. The number of rotatable bonds is 12. The number of amides is 2. The second kappa shape index (κ2) is 15.3. The van der Waals surface area contributed by atoms with Crippen LogP contribution < -0.4 is 16.0 Å². The second-order valence-electron chi connectivity index (χ2n) is 12.8. The summed E-state index contributed by atoms with van der Waals surface area (Å²) in [7, 11) is 0. The molecule has 2 fully saturated rings. The van der Waals surface area contributed by atoms with Crippen molar-refractivity contribution in [3.05, 3.63) is 120 Å². The first kappa shape index (κ1) is 33.6. The maximum absolute atomic E-state index is 13.1. The van der Waals surface area contributed by atoms with Crippen LogP contribution in [0.25, 0.3) is 11.2 Å². The van der Waals surface area contributed by atoms with Gasteiger partial charge in [0.1, 0.15) is 18.3 Å². The summed E-state index contributed by atoms with van der Waals surface area (Å²) >= 11 is 0. The molecule has 5 unspecified atom stereocenters. The predicted molar refractivity (Wildman–Crippen MR) is 187 cm³/mol. The van der Waals surface area contributed by atoms with Crippen LogP contribution in [0, 0.1) is 0 Å². The van der Waals surface area contributed by atoms with E-state index in [9.17, 15) is 20.1 Å².